The first kappa shape index (κ1) is 15.9. The molecule has 0 aliphatic heterocycles. The van der Waals surface area contributed by atoms with E-state index in [1.807, 2.05) is 14.1 Å². The van der Waals surface area contributed by atoms with Crippen LogP contribution in [0.5, 0.6) is 0 Å². The van der Waals surface area contributed by atoms with Crippen LogP contribution in [0.25, 0.3) is 10.8 Å². The SMILES string of the molecule is CN(C)CCn1ccc(C(=O)Nc2cccc3c(=O)[nH]ccc23)n1. The van der Waals surface area contributed by atoms with E-state index >= 15 is 0 Å². The van der Waals surface area contributed by atoms with E-state index in [1.165, 1.54) is 0 Å². The maximum atomic E-state index is 12.4. The number of carbonyl (C=O) groups is 1. The Bertz CT molecular complexity index is 926. The van der Waals surface area contributed by atoms with E-state index in [4.69, 9.17) is 0 Å². The van der Waals surface area contributed by atoms with Gasteiger partial charge in [0.15, 0.2) is 5.69 Å². The summed E-state index contributed by atoms with van der Waals surface area (Å²) in [5.41, 5.74) is 0.749. The quantitative estimate of drug-likeness (QED) is 0.745. The fourth-order valence-electron chi connectivity index (χ4n) is 2.43. The molecule has 2 N–H and O–H groups in total. The largest absolute Gasteiger partial charge is 0.329 e. The summed E-state index contributed by atoms with van der Waals surface area (Å²) in [5, 5.41) is 8.34. The number of pyridine rings is 1. The van der Waals surface area contributed by atoms with Gasteiger partial charge in [0, 0.05) is 35.4 Å². The third kappa shape index (κ3) is 3.36. The number of hydrogen-bond acceptors (Lipinski definition) is 4. The van der Waals surface area contributed by atoms with Gasteiger partial charge >= 0.3 is 0 Å². The first-order chi connectivity index (χ1) is 11.5. The summed E-state index contributed by atoms with van der Waals surface area (Å²) in [6, 6.07) is 8.68. The van der Waals surface area contributed by atoms with Crippen LogP contribution >= 0.6 is 0 Å². The Labute approximate surface area is 138 Å². The summed E-state index contributed by atoms with van der Waals surface area (Å²) < 4.78 is 1.74. The number of carbonyl (C=O) groups excluding carboxylic acids is 1. The van der Waals surface area contributed by atoms with E-state index in [-0.39, 0.29) is 11.5 Å². The zero-order valence-electron chi connectivity index (χ0n) is 13.6. The standard InChI is InChI=1S/C17H19N5O2/c1-21(2)10-11-22-9-7-15(20-22)17(24)19-14-5-3-4-13-12(14)6-8-18-16(13)23/h3-9H,10-11H2,1-2H3,(H,18,23)(H,19,24). The number of likely N-dealkylation sites (N-methyl/N-ethyl adjacent to an activating group) is 1. The van der Waals surface area contributed by atoms with Crippen molar-refractivity contribution in [2.75, 3.05) is 26.0 Å². The molecule has 0 bridgehead atoms. The number of hydrogen-bond donors (Lipinski definition) is 2. The number of anilines is 1. The molecule has 0 fully saturated rings. The molecular weight excluding hydrogens is 306 g/mol. The van der Waals surface area contributed by atoms with Gasteiger partial charge in [0.1, 0.15) is 0 Å². The topological polar surface area (TPSA) is 83.0 Å². The Kier molecular flexibility index (Phi) is 4.43. The lowest BCUT2D eigenvalue weighted by molar-refractivity contribution is 0.102. The van der Waals surface area contributed by atoms with Crippen LogP contribution < -0.4 is 10.9 Å². The number of aromatic amines is 1. The van der Waals surface area contributed by atoms with Crippen molar-refractivity contribution in [3.8, 4) is 0 Å². The summed E-state index contributed by atoms with van der Waals surface area (Å²) in [5.74, 6) is -0.300. The van der Waals surface area contributed by atoms with Crippen molar-refractivity contribution in [2.45, 2.75) is 6.54 Å². The first-order valence-corrected chi connectivity index (χ1v) is 7.64. The molecule has 1 amide bonds. The zero-order chi connectivity index (χ0) is 17.1. The van der Waals surface area contributed by atoms with E-state index < -0.39 is 0 Å². The van der Waals surface area contributed by atoms with Crippen molar-refractivity contribution in [1.29, 1.82) is 0 Å². The van der Waals surface area contributed by atoms with Gasteiger partial charge < -0.3 is 15.2 Å². The highest BCUT2D eigenvalue weighted by Crippen LogP contribution is 2.20. The smallest absolute Gasteiger partial charge is 0.276 e. The molecule has 7 nitrogen and oxygen atoms in total. The fraction of sp³-hybridized carbons (Fsp3) is 0.235. The number of rotatable bonds is 5. The maximum absolute atomic E-state index is 12.4. The van der Waals surface area contributed by atoms with Gasteiger partial charge in [-0.25, -0.2) is 0 Å². The van der Waals surface area contributed by atoms with Crippen LogP contribution in [-0.4, -0.2) is 46.2 Å². The van der Waals surface area contributed by atoms with E-state index in [1.54, 1.807) is 47.4 Å². The van der Waals surface area contributed by atoms with Gasteiger partial charge in [0.2, 0.25) is 0 Å². The highest BCUT2D eigenvalue weighted by molar-refractivity contribution is 6.08. The van der Waals surface area contributed by atoms with Gasteiger partial charge in [0.25, 0.3) is 11.5 Å². The van der Waals surface area contributed by atoms with Crippen LogP contribution in [0.15, 0.2) is 47.5 Å². The Hall–Kier alpha value is -2.93. The number of nitrogens with one attached hydrogen (secondary N) is 2. The maximum Gasteiger partial charge on any atom is 0.276 e. The Balaban J connectivity index is 1.80. The molecule has 2 heterocycles. The molecule has 0 radical (unpaired) electrons. The van der Waals surface area contributed by atoms with E-state index in [0.29, 0.717) is 28.7 Å². The third-order valence-corrected chi connectivity index (χ3v) is 3.71. The van der Waals surface area contributed by atoms with Crippen LogP contribution in [0.2, 0.25) is 0 Å². The fourth-order valence-corrected chi connectivity index (χ4v) is 2.43. The molecule has 24 heavy (non-hydrogen) atoms. The average Bonchev–Trinajstić information content (AvgIpc) is 3.03. The molecule has 0 atom stereocenters. The molecule has 3 rings (SSSR count). The highest BCUT2D eigenvalue weighted by Gasteiger charge is 2.12. The normalized spacial score (nSPS) is 11.1. The monoisotopic (exact) mass is 325 g/mol. The number of benzene rings is 1. The summed E-state index contributed by atoms with van der Waals surface area (Å²) in [6.45, 7) is 1.55. The number of aromatic nitrogens is 3. The minimum Gasteiger partial charge on any atom is -0.329 e. The van der Waals surface area contributed by atoms with Gasteiger partial charge in [-0.3, -0.25) is 14.3 Å². The number of H-pyrrole nitrogens is 1. The van der Waals surface area contributed by atoms with E-state index in [2.05, 4.69) is 20.3 Å². The summed E-state index contributed by atoms with van der Waals surface area (Å²) >= 11 is 0. The summed E-state index contributed by atoms with van der Waals surface area (Å²) in [6.07, 6.45) is 3.35. The molecule has 0 saturated carbocycles. The molecule has 2 aromatic heterocycles. The summed E-state index contributed by atoms with van der Waals surface area (Å²) in [4.78, 5) is 28.9. The van der Waals surface area contributed by atoms with Crippen LogP contribution in [0.3, 0.4) is 0 Å². The average molecular weight is 325 g/mol. The molecular formula is C17H19N5O2. The second-order valence-electron chi connectivity index (χ2n) is 5.80. The van der Waals surface area contributed by atoms with Crippen molar-refractivity contribution in [2.24, 2.45) is 0 Å². The van der Waals surface area contributed by atoms with Crippen molar-refractivity contribution in [3.63, 3.8) is 0 Å². The van der Waals surface area contributed by atoms with Gasteiger partial charge in [-0.05, 0) is 38.4 Å². The van der Waals surface area contributed by atoms with Crippen molar-refractivity contribution in [1.82, 2.24) is 19.7 Å². The minimum absolute atomic E-state index is 0.184. The lowest BCUT2D eigenvalue weighted by atomic mass is 10.1. The molecule has 0 saturated heterocycles. The number of nitrogens with zero attached hydrogens (tertiary/aromatic N) is 3. The summed E-state index contributed by atoms with van der Waals surface area (Å²) in [7, 11) is 3.97. The van der Waals surface area contributed by atoms with Gasteiger partial charge in [0.05, 0.1) is 6.54 Å². The molecule has 0 unspecified atom stereocenters. The second kappa shape index (κ2) is 6.67. The molecule has 0 aliphatic carbocycles. The molecule has 7 heteroatoms. The minimum atomic E-state index is -0.300. The van der Waals surface area contributed by atoms with Crippen LogP contribution in [-0.2, 0) is 6.54 Å². The predicted molar refractivity (Wildman–Crippen MR) is 93.3 cm³/mol. The highest BCUT2D eigenvalue weighted by atomic mass is 16.2. The predicted octanol–water partition coefficient (Wildman–Crippen LogP) is 1.54. The number of fused-ring (bicyclic) bond motifs is 1. The van der Waals surface area contributed by atoms with Gasteiger partial charge in [-0.2, -0.15) is 5.10 Å². The van der Waals surface area contributed by atoms with E-state index in [0.717, 1.165) is 6.54 Å². The van der Waals surface area contributed by atoms with Crippen molar-refractivity contribution >= 4 is 22.4 Å². The molecule has 1 aromatic carbocycles. The van der Waals surface area contributed by atoms with Crippen LogP contribution in [0.4, 0.5) is 5.69 Å². The van der Waals surface area contributed by atoms with Gasteiger partial charge in [-0.1, -0.05) is 6.07 Å². The molecule has 3 aromatic rings. The first-order valence-electron chi connectivity index (χ1n) is 7.64. The number of amides is 1. The Morgan fingerprint density at radius 3 is 2.88 bits per heavy atom. The van der Waals surface area contributed by atoms with Crippen molar-refractivity contribution in [3.05, 3.63) is 58.8 Å². The van der Waals surface area contributed by atoms with Crippen molar-refractivity contribution < 1.29 is 4.79 Å². The second-order valence-corrected chi connectivity index (χ2v) is 5.80. The van der Waals surface area contributed by atoms with E-state index in [9.17, 15) is 9.59 Å². The molecule has 0 aliphatic rings. The van der Waals surface area contributed by atoms with Crippen LogP contribution in [0, 0.1) is 0 Å². The van der Waals surface area contributed by atoms with Crippen LogP contribution in [0.1, 0.15) is 10.5 Å². The molecule has 0 spiro atoms. The lowest BCUT2D eigenvalue weighted by Gasteiger charge is -2.09. The molecule has 124 valence electrons. The zero-order valence-corrected chi connectivity index (χ0v) is 13.6. The third-order valence-electron chi connectivity index (χ3n) is 3.71. The Morgan fingerprint density at radius 1 is 1.25 bits per heavy atom. The lowest BCUT2D eigenvalue weighted by Crippen LogP contribution is -2.19. The Morgan fingerprint density at radius 2 is 2.08 bits per heavy atom. The van der Waals surface area contributed by atoms with Gasteiger partial charge in [-0.15, -0.1) is 0 Å².